The van der Waals surface area contributed by atoms with Gasteiger partial charge in [-0.1, -0.05) is 68.3 Å². The van der Waals surface area contributed by atoms with Gasteiger partial charge in [0.05, 0.1) is 5.92 Å². The number of carbonyl (C=O) groups excluding carboxylic acids is 2. The van der Waals surface area contributed by atoms with E-state index in [0.29, 0.717) is 30.5 Å². The summed E-state index contributed by atoms with van der Waals surface area (Å²) in [4.78, 5) is 30.1. The Hall–Kier alpha value is -3.30. The first-order valence-corrected chi connectivity index (χ1v) is 16.0. The van der Waals surface area contributed by atoms with Crippen LogP contribution in [0.15, 0.2) is 48.5 Å². The predicted octanol–water partition coefficient (Wildman–Crippen LogP) is 4.02. The van der Waals surface area contributed by atoms with Crippen LogP contribution in [0.25, 0.3) is 0 Å². The van der Waals surface area contributed by atoms with Crippen LogP contribution < -0.4 is 11.1 Å². The van der Waals surface area contributed by atoms with Crippen LogP contribution in [0.2, 0.25) is 5.02 Å². The summed E-state index contributed by atoms with van der Waals surface area (Å²) >= 11 is 6.15. The Bertz CT molecular complexity index is 1470. The minimum atomic E-state index is -0.686. The number of fused-ring (bicyclic) bond motifs is 5. The molecule has 3 aromatic rings. The molecule has 2 amide bonds. The molecule has 0 spiro atoms. The van der Waals surface area contributed by atoms with Crippen molar-refractivity contribution in [3.63, 3.8) is 0 Å². The molecule has 1 saturated heterocycles. The number of piperidine rings is 1. The second-order valence-corrected chi connectivity index (χ2v) is 13.4. The fourth-order valence-electron chi connectivity index (χ4n) is 8.00. The molecule has 2 aromatic carbocycles. The third-order valence-electron chi connectivity index (χ3n) is 10.8. The standard InChI is InChI=1S/C33H42ClN7O2/c1-4-20(2)33(19-28-37-38-39-40(28)3)13-15-41(16-14-33)32(43)27(17-21-9-11-22(34)12-10-21)36-31(42)29-25-18-26(30(29)35)24-8-6-5-7-23(24)25/h5-12,20,25-27,29-30H,4,13-19,35H2,1-3H3,(H,36,42)/t20?,25?,26?,27-,29-,30+/m1/s1. The van der Waals surface area contributed by atoms with Crippen LogP contribution in [0.1, 0.15) is 73.9 Å². The van der Waals surface area contributed by atoms with E-state index < -0.39 is 6.04 Å². The monoisotopic (exact) mass is 603 g/mol. The van der Waals surface area contributed by atoms with Crippen molar-refractivity contribution >= 4 is 23.4 Å². The number of nitrogens with two attached hydrogens (primary N) is 1. The number of carbonyl (C=O) groups is 2. The minimum absolute atomic E-state index is 0.00612. The van der Waals surface area contributed by atoms with Gasteiger partial charge in [0.15, 0.2) is 5.82 Å². The van der Waals surface area contributed by atoms with Crippen LogP contribution in [0.4, 0.5) is 0 Å². The average molecular weight is 604 g/mol. The van der Waals surface area contributed by atoms with Crippen LogP contribution in [0.5, 0.6) is 0 Å². The Morgan fingerprint density at radius 2 is 1.77 bits per heavy atom. The topological polar surface area (TPSA) is 119 Å². The zero-order chi connectivity index (χ0) is 30.3. The summed E-state index contributed by atoms with van der Waals surface area (Å²) in [5.41, 5.74) is 10.1. The number of hydrogen-bond donors (Lipinski definition) is 2. The first kappa shape index (κ1) is 29.8. The SMILES string of the molecule is CCC(C)C1(Cc2nnnn2C)CCN(C(=O)[C@@H](Cc2ccc(Cl)cc2)NC(=O)[C@@H]2C3CC(c4ccccc43)[C@@H]2N)CC1. The van der Waals surface area contributed by atoms with E-state index in [1.54, 1.807) is 4.68 Å². The maximum atomic E-state index is 14.2. The number of nitrogens with zero attached hydrogens (tertiary/aromatic N) is 5. The summed E-state index contributed by atoms with van der Waals surface area (Å²) in [6, 6.07) is 14.9. The molecule has 10 heteroatoms. The molecule has 228 valence electrons. The fourth-order valence-corrected chi connectivity index (χ4v) is 8.13. The Morgan fingerprint density at radius 1 is 1.09 bits per heavy atom. The van der Waals surface area contributed by atoms with Crippen LogP contribution in [0, 0.1) is 17.3 Å². The molecule has 43 heavy (non-hydrogen) atoms. The number of aromatic nitrogens is 4. The second-order valence-electron chi connectivity index (χ2n) is 13.0. The number of nitrogens with one attached hydrogen (secondary N) is 1. The highest BCUT2D eigenvalue weighted by Gasteiger charge is 2.52. The molecule has 9 nitrogen and oxygen atoms in total. The molecule has 3 aliphatic rings. The Balaban J connectivity index is 1.20. The second kappa shape index (κ2) is 12.0. The summed E-state index contributed by atoms with van der Waals surface area (Å²) in [6.45, 7) is 5.77. The molecule has 0 radical (unpaired) electrons. The van der Waals surface area contributed by atoms with Crippen LogP contribution in [-0.2, 0) is 29.5 Å². The zero-order valence-corrected chi connectivity index (χ0v) is 26.0. The molecule has 6 rings (SSSR count). The van der Waals surface area contributed by atoms with E-state index in [1.165, 1.54) is 11.1 Å². The Kier molecular flexibility index (Phi) is 8.31. The van der Waals surface area contributed by atoms with E-state index in [1.807, 2.05) is 48.3 Å². The maximum Gasteiger partial charge on any atom is 0.245 e. The maximum absolute atomic E-state index is 14.2. The van der Waals surface area contributed by atoms with Gasteiger partial charge >= 0.3 is 0 Å². The van der Waals surface area contributed by atoms with E-state index in [2.05, 4.69) is 46.8 Å². The molecule has 2 aliphatic carbocycles. The molecular formula is C33H42ClN7O2. The third kappa shape index (κ3) is 5.57. The largest absolute Gasteiger partial charge is 0.344 e. The smallest absolute Gasteiger partial charge is 0.245 e. The molecule has 1 aliphatic heterocycles. The van der Waals surface area contributed by atoms with Crippen molar-refractivity contribution in [3.8, 4) is 0 Å². The number of rotatable bonds is 9. The molecule has 6 atom stereocenters. The van der Waals surface area contributed by atoms with Gasteiger partial charge < -0.3 is 16.0 Å². The van der Waals surface area contributed by atoms with Gasteiger partial charge in [0, 0.05) is 50.0 Å². The van der Waals surface area contributed by atoms with E-state index in [-0.39, 0.29) is 41.0 Å². The van der Waals surface area contributed by atoms with Crippen molar-refractivity contribution in [1.29, 1.82) is 0 Å². The summed E-state index contributed by atoms with van der Waals surface area (Å²) in [5, 5.41) is 16.0. The minimum Gasteiger partial charge on any atom is -0.344 e. The summed E-state index contributed by atoms with van der Waals surface area (Å²) in [6.07, 6.45) is 4.82. The Labute approximate surface area is 258 Å². The summed E-state index contributed by atoms with van der Waals surface area (Å²) in [5.74, 6) is 1.08. The summed E-state index contributed by atoms with van der Waals surface area (Å²) < 4.78 is 1.75. The van der Waals surface area contributed by atoms with E-state index >= 15 is 0 Å². The lowest BCUT2D eigenvalue weighted by Gasteiger charge is -2.46. The first-order chi connectivity index (χ1) is 20.7. The van der Waals surface area contributed by atoms with Crippen molar-refractivity contribution in [2.75, 3.05) is 13.1 Å². The predicted molar refractivity (Wildman–Crippen MR) is 165 cm³/mol. The number of amides is 2. The normalized spacial score (nSPS) is 25.3. The molecular weight excluding hydrogens is 562 g/mol. The fraction of sp³-hybridized carbons (Fsp3) is 0.545. The first-order valence-electron chi connectivity index (χ1n) is 15.6. The van der Waals surface area contributed by atoms with Crippen molar-refractivity contribution in [1.82, 2.24) is 30.4 Å². The lowest BCUT2D eigenvalue weighted by atomic mass is 9.66. The number of tetrazole rings is 1. The van der Waals surface area contributed by atoms with Gasteiger partial charge in [0.2, 0.25) is 11.8 Å². The number of halogens is 1. The highest BCUT2D eigenvalue weighted by atomic mass is 35.5. The molecule has 2 bridgehead atoms. The van der Waals surface area contributed by atoms with Crippen molar-refractivity contribution in [3.05, 3.63) is 76.1 Å². The molecule has 3 unspecified atom stereocenters. The molecule has 2 fully saturated rings. The average Bonchev–Trinajstić information content (AvgIpc) is 3.70. The number of likely N-dealkylation sites (tertiary alicyclic amines) is 1. The van der Waals surface area contributed by atoms with Gasteiger partial charge in [0.25, 0.3) is 0 Å². The van der Waals surface area contributed by atoms with Crippen molar-refractivity contribution < 1.29 is 9.59 Å². The molecule has 1 saturated carbocycles. The van der Waals surface area contributed by atoms with E-state index in [0.717, 1.165) is 43.5 Å². The quantitative estimate of drug-likeness (QED) is 0.381. The Morgan fingerprint density at radius 3 is 2.40 bits per heavy atom. The van der Waals surface area contributed by atoms with Gasteiger partial charge in [-0.3, -0.25) is 9.59 Å². The molecule has 3 N–H and O–H groups in total. The van der Waals surface area contributed by atoms with Crippen molar-refractivity contribution in [2.24, 2.45) is 30.0 Å². The molecule has 2 heterocycles. The number of benzene rings is 2. The van der Waals surface area contributed by atoms with Crippen LogP contribution >= 0.6 is 11.6 Å². The van der Waals surface area contributed by atoms with Gasteiger partial charge in [-0.15, -0.1) is 5.10 Å². The van der Waals surface area contributed by atoms with Crippen LogP contribution in [-0.4, -0.2) is 62.1 Å². The third-order valence-corrected chi connectivity index (χ3v) is 11.1. The lowest BCUT2D eigenvalue weighted by molar-refractivity contribution is -0.140. The van der Waals surface area contributed by atoms with E-state index in [4.69, 9.17) is 17.3 Å². The summed E-state index contributed by atoms with van der Waals surface area (Å²) in [7, 11) is 1.88. The van der Waals surface area contributed by atoms with E-state index in [9.17, 15) is 9.59 Å². The lowest BCUT2D eigenvalue weighted by Crippen LogP contribution is -2.56. The number of hydrogen-bond acceptors (Lipinski definition) is 6. The number of aryl methyl sites for hydroxylation is 1. The van der Waals surface area contributed by atoms with Gasteiger partial charge in [0.1, 0.15) is 6.04 Å². The zero-order valence-electron chi connectivity index (χ0n) is 25.2. The van der Waals surface area contributed by atoms with Crippen LogP contribution in [0.3, 0.4) is 0 Å². The van der Waals surface area contributed by atoms with Gasteiger partial charge in [-0.05, 0) is 75.8 Å². The van der Waals surface area contributed by atoms with Crippen molar-refractivity contribution in [2.45, 2.75) is 76.3 Å². The molecule has 1 aromatic heterocycles. The van der Waals surface area contributed by atoms with Gasteiger partial charge in [-0.2, -0.15) is 0 Å². The highest BCUT2D eigenvalue weighted by Crippen LogP contribution is 2.55. The van der Waals surface area contributed by atoms with Gasteiger partial charge in [-0.25, -0.2) is 4.68 Å². The highest BCUT2D eigenvalue weighted by molar-refractivity contribution is 6.30.